The SMILES string of the molecule is O=C(CCBr)Nc1ncc(S(=O)(=O)c2ccc([N+](=O)[O-])cc2)s1. The van der Waals surface area contributed by atoms with Crippen molar-refractivity contribution >= 4 is 53.8 Å². The fourth-order valence-corrected chi connectivity index (χ4v) is 4.38. The summed E-state index contributed by atoms with van der Waals surface area (Å²) in [5.74, 6) is -0.282. The number of nitro benzene ring substituents is 1. The van der Waals surface area contributed by atoms with Gasteiger partial charge in [-0.25, -0.2) is 13.4 Å². The molecule has 0 aliphatic heterocycles. The van der Waals surface area contributed by atoms with Gasteiger partial charge in [0, 0.05) is 23.9 Å². The van der Waals surface area contributed by atoms with Crippen molar-refractivity contribution < 1.29 is 18.1 Å². The largest absolute Gasteiger partial charge is 0.302 e. The second-order valence-corrected chi connectivity index (χ2v) is 8.23. The number of amides is 1. The number of non-ortho nitro benzene ring substituents is 1. The Kier molecular flexibility index (Phi) is 5.44. The Labute approximate surface area is 143 Å². The summed E-state index contributed by atoms with van der Waals surface area (Å²) in [5.41, 5.74) is -0.198. The minimum absolute atomic E-state index is 0.0551. The first-order valence-electron chi connectivity index (χ1n) is 6.16. The van der Waals surface area contributed by atoms with Crippen molar-refractivity contribution in [3.63, 3.8) is 0 Å². The summed E-state index contributed by atoms with van der Waals surface area (Å²) in [6, 6.07) is 4.56. The quantitative estimate of drug-likeness (QED) is 0.436. The summed E-state index contributed by atoms with van der Waals surface area (Å²) in [4.78, 5) is 25.2. The predicted octanol–water partition coefficient (Wildman–Crippen LogP) is 2.61. The van der Waals surface area contributed by atoms with Gasteiger partial charge in [0.05, 0.1) is 16.0 Å². The highest BCUT2D eigenvalue weighted by Gasteiger charge is 2.22. The zero-order chi connectivity index (χ0) is 17.0. The van der Waals surface area contributed by atoms with E-state index in [0.717, 1.165) is 41.8 Å². The van der Waals surface area contributed by atoms with Gasteiger partial charge in [-0.15, -0.1) is 0 Å². The average molecular weight is 420 g/mol. The van der Waals surface area contributed by atoms with Gasteiger partial charge in [-0.05, 0) is 12.1 Å². The van der Waals surface area contributed by atoms with E-state index in [2.05, 4.69) is 26.2 Å². The molecule has 122 valence electrons. The minimum atomic E-state index is -3.84. The Morgan fingerprint density at radius 1 is 1.35 bits per heavy atom. The number of aromatic nitrogens is 1. The van der Waals surface area contributed by atoms with E-state index < -0.39 is 14.8 Å². The number of nitrogens with one attached hydrogen (secondary N) is 1. The predicted molar refractivity (Wildman–Crippen MR) is 87.7 cm³/mol. The van der Waals surface area contributed by atoms with Gasteiger partial charge < -0.3 is 5.32 Å². The lowest BCUT2D eigenvalue weighted by atomic mass is 10.3. The van der Waals surface area contributed by atoms with Crippen LogP contribution in [0.2, 0.25) is 0 Å². The molecule has 1 amide bonds. The molecule has 0 radical (unpaired) electrons. The molecular weight excluding hydrogens is 410 g/mol. The van der Waals surface area contributed by atoms with Crippen LogP contribution in [0.4, 0.5) is 10.8 Å². The molecule has 8 nitrogen and oxygen atoms in total. The molecule has 2 aromatic rings. The van der Waals surface area contributed by atoms with Crippen molar-refractivity contribution in [2.24, 2.45) is 0 Å². The molecule has 0 fully saturated rings. The monoisotopic (exact) mass is 419 g/mol. The number of hydrogen-bond donors (Lipinski definition) is 1. The molecule has 0 saturated carbocycles. The van der Waals surface area contributed by atoms with Gasteiger partial charge in [-0.3, -0.25) is 14.9 Å². The molecule has 0 spiro atoms. The summed E-state index contributed by atoms with van der Waals surface area (Å²) in [7, 11) is -3.84. The molecule has 0 unspecified atom stereocenters. The molecule has 1 heterocycles. The second kappa shape index (κ2) is 7.15. The molecule has 1 N–H and O–H groups in total. The molecule has 0 bridgehead atoms. The van der Waals surface area contributed by atoms with Crippen LogP contribution in [0, 0.1) is 10.1 Å². The van der Waals surface area contributed by atoms with Gasteiger partial charge >= 0.3 is 0 Å². The Morgan fingerprint density at radius 3 is 2.57 bits per heavy atom. The van der Waals surface area contributed by atoms with Crippen molar-refractivity contribution in [3.05, 3.63) is 40.6 Å². The Balaban J connectivity index is 2.24. The smallest absolute Gasteiger partial charge is 0.269 e. The van der Waals surface area contributed by atoms with Crippen LogP contribution in [0.1, 0.15) is 6.42 Å². The van der Waals surface area contributed by atoms with E-state index in [9.17, 15) is 23.3 Å². The number of carbonyl (C=O) groups excluding carboxylic acids is 1. The summed E-state index contributed by atoms with van der Waals surface area (Å²) in [6.07, 6.45) is 1.38. The van der Waals surface area contributed by atoms with Gasteiger partial charge in [0.15, 0.2) is 5.13 Å². The number of alkyl halides is 1. The number of benzene rings is 1. The first-order valence-corrected chi connectivity index (χ1v) is 9.58. The second-order valence-electron chi connectivity index (χ2n) is 4.23. The fraction of sp³-hybridized carbons (Fsp3) is 0.167. The summed E-state index contributed by atoms with van der Waals surface area (Å²) in [5, 5.41) is 13.8. The zero-order valence-corrected chi connectivity index (χ0v) is 14.7. The third-order valence-electron chi connectivity index (χ3n) is 2.68. The van der Waals surface area contributed by atoms with Crippen molar-refractivity contribution in [2.75, 3.05) is 10.6 Å². The van der Waals surface area contributed by atoms with Crippen molar-refractivity contribution in [1.29, 1.82) is 0 Å². The van der Waals surface area contributed by atoms with Crippen LogP contribution in [0.3, 0.4) is 0 Å². The number of nitrogens with zero attached hydrogens (tertiary/aromatic N) is 2. The zero-order valence-electron chi connectivity index (χ0n) is 11.4. The van der Waals surface area contributed by atoms with Crippen LogP contribution >= 0.6 is 27.3 Å². The van der Waals surface area contributed by atoms with Crippen LogP contribution in [-0.2, 0) is 14.6 Å². The fourth-order valence-electron chi connectivity index (χ4n) is 1.57. The van der Waals surface area contributed by atoms with E-state index in [4.69, 9.17) is 0 Å². The molecule has 1 aromatic carbocycles. The van der Waals surface area contributed by atoms with E-state index in [1.165, 1.54) is 0 Å². The van der Waals surface area contributed by atoms with E-state index in [1.807, 2.05) is 0 Å². The average Bonchev–Trinajstić information content (AvgIpc) is 2.96. The van der Waals surface area contributed by atoms with Crippen LogP contribution < -0.4 is 5.32 Å². The molecule has 0 aliphatic carbocycles. The molecule has 2 rings (SSSR count). The molecule has 0 aliphatic rings. The number of sulfone groups is 1. The first-order chi connectivity index (χ1) is 10.8. The molecule has 0 atom stereocenters. The van der Waals surface area contributed by atoms with E-state index >= 15 is 0 Å². The van der Waals surface area contributed by atoms with Crippen LogP contribution in [-0.4, -0.2) is 29.6 Å². The highest BCUT2D eigenvalue weighted by molar-refractivity contribution is 9.09. The number of halogens is 1. The van der Waals surface area contributed by atoms with Gasteiger partial charge in [-0.2, -0.15) is 0 Å². The maximum Gasteiger partial charge on any atom is 0.269 e. The maximum atomic E-state index is 12.4. The topological polar surface area (TPSA) is 119 Å². The third kappa shape index (κ3) is 4.12. The van der Waals surface area contributed by atoms with Crippen LogP contribution in [0.15, 0.2) is 39.6 Å². The van der Waals surface area contributed by atoms with Crippen molar-refractivity contribution in [1.82, 2.24) is 4.98 Å². The van der Waals surface area contributed by atoms with Gasteiger partial charge in [-0.1, -0.05) is 27.3 Å². The number of hydrogen-bond acceptors (Lipinski definition) is 7. The van der Waals surface area contributed by atoms with Crippen molar-refractivity contribution in [3.8, 4) is 0 Å². The van der Waals surface area contributed by atoms with Gasteiger partial charge in [0.1, 0.15) is 4.21 Å². The van der Waals surface area contributed by atoms with E-state index in [0.29, 0.717) is 5.33 Å². The van der Waals surface area contributed by atoms with Gasteiger partial charge in [0.25, 0.3) is 5.69 Å². The highest BCUT2D eigenvalue weighted by atomic mass is 79.9. The Bertz CT molecular complexity index is 833. The highest BCUT2D eigenvalue weighted by Crippen LogP contribution is 2.29. The van der Waals surface area contributed by atoms with Crippen LogP contribution in [0.5, 0.6) is 0 Å². The standard InChI is InChI=1S/C12H10BrN3O5S2/c13-6-5-10(17)15-12-14-7-11(22-12)23(20,21)9-3-1-8(2-4-9)16(18)19/h1-4,7H,5-6H2,(H,14,15,17). The summed E-state index contributed by atoms with van der Waals surface area (Å²) < 4.78 is 24.8. The number of rotatable bonds is 6. The molecule has 1 aromatic heterocycles. The number of thiazole rings is 1. The summed E-state index contributed by atoms with van der Waals surface area (Å²) in [6.45, 7) is 0. The number of carbonyl (C=O) groups is 1. The molecule has 0 saturated heterocycles. The van der Waals surface area contributed by atoms with E-state index in [-0.39, 0.29) is 32.3 Å². The molecule has 11 heteroatoms. The lowest BCUT2D eigenvalue weighted by Gasteiger charge is -2.01. The Morgan fingerprint density at radius 2 is 2.00 bits per heavy atom. The normalized spacial score (nSPS) is 11.2. The lowest BCUT2D eigenvalue weighted by molar-refractivity contribution is -0.384. The van der Waals surface area contributed by atoms with Crippen molar-refractivity contribution in [2.45, 2.75) is 15.5 Å². The molecule has 23 heavy (non-hydrogen) atoms. The summed E-state index contributed by atoms with van der Waals surface area (Å²) >= 11 is 3.94. The maximum absolute atomic E-state index is 12.4. The first kappa shape index (κ1) is 17.5. The third-order valence-corrected chi connectivity index (χ3v) is 6.22. The number of anilines is 1. The Hall–Kier alpha value is -1.85. The molecular formula is C12H10BrN3O5S2. The van der Waals surface area contributed by atoms with Crippen LogP contribution in [0.25, 0.3) is 0 Å². The lowest BCUT2D eigenvalue weighted by Crippen LogP contribution is -2.11. The van der Waals surface area contributed by atoms with Gasteiger partial charge in [0.2, 0.25) is 15.7 Å². The minimum Gasteiger partial charge on any atom is -0.302 e. The number of nitro groups is 1. The van der Waals surface area contributed by atoms with E-state index in [1.54, 1.807) is 0 Å².